The third kappa shape index (κ3) is 4.83. The van der Waals surface area contributed by atoms with Crippen molar-refractivity contribution in [3.8, 4) is 5.75 Å². The van der Waals surface area contributed by atoms with Gasteiger partial charge in [-0.3, -0.25) is 4.68 Å². The molecule has 0 fully saturated rings. The van der Waals surface area contributed by atoms with Crippen molar-refractivity contribution in [3.05, 3.63) is 42.2 Å². The van der Waals surface area contributed by atoms with Gasteiger partial charge in [0.05, 0.1) is 18.3 Å². The molecule has 0 bridgehead atoms. The van der Waals surface area contributed by atoms with E-state index < -0.39 is 0 Å². The van der Waals surface area contributed by atoms with Gasteiger partial charge in [0.25, 0.3) is 0 Å². The Morgan fingerprint density at radius 1 is 1.33 bits per heavy atom. The lowest BCUT2D eigenvalue weighted by Crippen LogP contribution is -2.22. The molecule has 6 heteroatoms. The number of aryl methyl sites for hydroxylation is 1. The second kappa shape index (κ2) is 6.78. The van der Waals surface area contributed by atoms with Crippen molar-refractivity contribution in [2.45, 2.75) is 26.5 Å². The number of guanidine groups is 1. The summed E-state index contributed by atoms with van der Waals surface area (Å²) in [5.74, 6) is 1.19. The molecule has 0 aliphatic rings. The number of nitrogens with one attached hydrogen (secondary N) is 1. The zero-order valence-electron chi connectivity index (χ0n) is 12.6. The molecule has 6 nitrogen and oxygen atoms in total. The molecule has 0 aliphatic heterocycles. The molecule has 0 unspecified atom stereocenters. The van der Waals surface area contributed by atoms with E-state index in [-0.39, 0.29) is 6.10 Å². The van der Waals surface area contributed by atoms with Crippen LogP contribution >= 0.6 is 0 Å². The first-order valence-corrected chi connectivity index (χ1v) is 6.85. The summed E-state index contributed by atoms with van der Waals surface area (Å²) in [6.07, 6.45) is 2.04. The molecule has 1 aromatic carbocycles. The number of hydrogen-bond donors (Lipinski definition) is 2. The minimum Gasteiger partial charge on any atom is -0.491 e. The smallest absolute Gasteiger partial charge is 0.193 e. The van der Waals surface area contributed by atoms with Gasteiger partial charge < -0.3 is 15.8 Å². The average Bonchev–Trinajstić information content (AvgIpc) is 2.84. The van der Waals surface area contributed by atoms with E-state index in [0.717, 1.165) is 17.1 Å². The van der Waals surface area contributed by atoms with Crippen molar-refractivity contribution in [3.63, 3.8) is 0 Å². The Morgan fingerprint density at radius 3 is 2.62 bits per heavy atom. The van der Waals surface area contributed by atoms with Gasteiger partial charge in [-0.2, -0.15) is 5.10 Å². The first-order chi connectivity index (χ1) is 10.0. The van der Waals surface area contributed by atoms with Gasteiger partial charge in [0, 0.05) is 18.9 Å². The molecule has 3 N–H and O–H groups in total. The predicted molar refractivity (Wildman–Crippen MR) is 84.4 cm³/mol. The Bertz CT molecular complexity index is 601. The van der Waals surface area contributed by atoms with Gasteiger partial charge in [0.1, 0.15) is 5.75 Å². The van der Waals surface area contributed by atoms with E-state index in [1.165, 1.54) is 0 Å². The number of rotatable bonds is 5. The first-order valence-electron chi connectivity index (χ1n) is 6.85. The molecule has 2 rings (SSSR count). The zero-order chi connectivity index (χ0) is 15.2. The topological polar surface area (TPSA) is 77.5 Å². The highest BCUT2D eigenvalue weighted by Crippen LogP contribution is 2.16. The number of ether oxygens (including phenoxy) is 1. The minimum atomic E-state index is 0.161. The minimum absolute atomic E-state index is 0.161. The average molecular weight is 287 g/mol. The van der Waals surface area contributed by atoms with Crippen LogP contribution in [-0.2, 0) is 13.6 Å². The van der Waals surface area contributed by atoms with Crippen LogP contribution in [0.25, 0.3) is 0 Å². The molecule has 0 saturated carbocycles. The first kappa shape index (κ1) is 14.9. The summed E-state index contributed by atoms with van der Waals surface area (Å²) in [6, 6.07) is 9.51. The van der Waals surface area contributed by atoms with Crippen molar-refractivity contribution < 1.29 is 4.74 Å². The third-order valence-electron chi connectivity index (χ3n) is 2.68. The Morgan fingerprint density at radius 2 is 2.05 bits per heavy atom. The second-order valence-corrected chi connectivity index (χ2v) is 5.00. The molecular formula is C15H21N5O. The molecule has 1 heterocycles. The fraction of sp³-hybridized carbons (Fsp3) is 0.333. The zero-order valence-corrected chi connectivity index (χ0v) is 12.6. The third-order valence-corrected chi connectivity index (χ3v) is 2.68. The lowest BCUT2D eigenvalue weighted by molar-refractivity contribution is 0.242. The van der Waals surface area contributed by atoms with Crippen LogP contribution in [0.2, 0.25) is 0 Å². The highest BCUT2D eigenvalue weighted by molar-refractivity contribution is 5.92. The molecule has 21 heavy (non-hydrogen) atoms. The van der Waals surface area contributed by atoms with Gasteiger partial charge in [0.2, 0.25) is 0 Å². The number of nitrogens with zero attached hydrogens (tertiary/aromatic N) is 3. The Hall–Kier alpha value is -2.50. The molecule has 0 saturated heterocycles. The monoisotopic (exact) mass is 287 g/mol. The number of hydrogen-bond acceptors (Lipinski definition) is 3. The quantitative estimate of drug-likeness (QED) is 0.652. The van der Waals surface area contributed by atoms with E-state index in [0.29, 0.717) is 12.5 Å². The molecule has 0 spiro atoms. The largest absolute Gasteiger partial charge is 0.491 e. The van der Waals surface area contributed by atoms with Crippen LogP contribution in [0.5, 0.6) is 5.75 Å². The van der Waals surface area contributed by atoms with E-state index in [1.807, 2.05) is 57.4 Å². The van der Waals surface area contributed by atoms with Gasteiger partial charge in [0.15, 0.2) is 5.96 Å². The maximum absolute atomic E-state index is 5.85. The Kier molecular flexibility index (Phi) is 4.81. The van der Waals surface area contributed by atoms with Crippen molar-refractivity contribution in [2.75, 3.05) is 5.32 Å². The summed E-state index contributed by atoms with van der Waals surface area (Å²) in [5, 5.41) is 7.28. The highest BCUT2D eigenvalue weighted by atomic mass is 16.5. The molecule has 0 atom stereocenters. The van der Waals surface area contributed by atoms with Gasteiger partial charge in [-0.1, -0.05) is 0 Å². The fourth-order valence-corrected chi connectivity index (χ4v) is 1.79. The number of anilines is 1. The molecular weight excluding hydrogens is 266 g/mol. The lowest BCUT2D eigenvalue weighted by atomic mass is 10.3. The summed E-state index contributed by atoms with van der Waals surface area (Å²) >= 11 is 0. The highest BCUT2D eigenvalue weighted by Gasteiger charge is 2.00. The molecule has 0 radical (unpaired) electrons. The molecule has 2 aromatic rings. The van der Waals surface area contributed by atoms with Gasteiger partial charge in [-0.15, -0.1) is 0 Å². The van der Waals surface area contributed by atoms with Gasteiger partial charge in [-0.05, 0) is 44.2 Å². The molecule has 112 valence electrons. The van der Waals surface area contributed by atoms with Crippen LogP contribution in [-0.4, -0.2) is 21.8 Å². The lowest BCUT2D eigenvalue weighted by Gasteiger charge is -2.10. The predicted octanol–water partition coefficient (Wildman–Crippen LogP) is 2.13. The van der Waals surface area contributed by atoms with E-state index in [9.17, 15) is 0 Å². The van der Waals surface area contributed by atoms with Crippen LogP contribution in [0.1, 0.15) is 19.5 Å². The van der Waals surface area contributed by atoms with Crippen molar-refractivity contribution in [1.29, 1.82) is 0 Å². The summed E-state index contributed by atoms with van der Waals surface area (Å²) in [4.78, 5) is 4.25. The van der Waals surface area contributed by atoms with Crippen LogP contribution in [0, 0.1) is 0 Å². The van der Waals surface area contributed by atoms with Crippen molar-refractivity contribution in [1.82, 2.24) is 9.78 Å². The summed E-state index contributed by atoms with van der Waals surface area (Å²) in [6.45, 7) is 4.44. The molecule has 0 aliphatic carbocycles. The van der Waals surface area contributed by atoms with E-state index >= 15 is 0 Å². The Labute approximate surface area is 124 Å². The summed E-state index contributed by atoms with van der Waals surface area (Å²) in [7, 11) is 1.87. The number of aromatic nitrogens is 2. The van der Waals surface area contributed by atoms with Crippen LogP contribution in [0.15, 0.2) is 41.5 Å². The number of benzene rings is 1. The number of nitrogens with two attached hydrogens (primary N) is 1. The fourth-order valence-electron chi connectivity index (χ4n) is 1.79. The van der Waals surface area contributed by atoms with E-state index in [1.54, 1.807) is 4.68 Å². The van der Waals surface area contributed by atoms with Crippen LogP contribution in [0.4, 0.5) is 5.69 Å². The maximum atomic E-state index is 5.85. The van der Waals surface area contributed by atoms with Gasteiger partial charge >= 0.3 is 0 Å². The number of aliphatic imine (C=N–C) groups is 1. The summed E-state index contributed by atoms with van der Waals surface area (Å²) in [5.41, 5.74) is 7.60. The van der Waals surface area contributed by atoms with Crippen LogP contribution in [0.3, 0.4) is 0 Å². The maximum Gasteiger partial charge on any atom is 0.193 e. The van der Waals surface area contributed by atoms with Crippen molar-refractivity contribution >= 4 is 11.6 Å². The van der Waals surface area contributed by atoms with E-state index in [4.69, 9.17) is 10.5 Å². The van der Waals surface area contributed by atoms with Crippen molar-refractivity contribution in [2.24, 2.45) is 17.8 Å². The van der Waals surface area contributed by atoms with Gasteiger partial charge in [-0.25, -0.2) is 4.99 Å². The standard InChI is InChI=1S/C15H21N5O/c1-11(2)21-14-6-4-12(5-7-14)18-15(16)17-10-13-8-9-20(3)19-13/h4-9,11H,10H2,1-3H3,(H3,16,17,18). The normalized spacial score (nSPS) is 11.7. The Balaban J connectivity index is 1.91. The summed E-state index contributed by atoms with van der Waals surface area (Å²) < 4.78 is 7.32. The SMILES string of the molecule is CC(C)Oc1ccc(NC(N)=NCc2ccn(C)n2)cc1. The van der Waals surface area contributed by atoms with E-state index in [2.05, 4.69) is 15.4 Å². The second-order valence-electron chi connectivity index (χ2n) is 5.00. The molecule has 1 aromatic heterocycles. The van der Waals surface area contributed by atoms with Crippen LogP contribution < -0.4 is 15.8 Å². The molecule has 0 amide bonds.